The molecule has 0 aromatic carbocycles. The molecule has 0 spiro atoms. The fourth-order valence-corrected chi connectivity index (χ4v) is 3.50. The molecule has 0 saturated carbocycles. The molecule has 0 radical (unpaired) electrons. The summed E-state index contributed by atoms with van der Waals surface area (Å²) >= 11 is 1.78. The average molecular weight is 261 g/mol. The van der Waals surface area contributed by atoms with Crippen molar-refractivity contribution in [2.75, 3.05) is 13.1 Å². The van der Waals surface area contributed by atoms with Gasteiger partial charge in [0.2, 0.25) is 0 Å². The van der Waals surface area contributed by atoms with Crippen LogP contribution in [0.1, 0.15) is 29.4 Å². The van der Waals surface area contributed by atoms with Gasteiger partial charge in [-0.25, -0.2) is 4.98 Å². The lowest BCUT2D eigenvalue weighted by Crippen LogP contribution is -2.20. The van der Waals surface area contributed by atoms with Gasteiger partial charge in [0.05, 0.1) is 5.69 Å². The molecule has 1 fully saturated rings. The number of imidazole rings is 1. The molecule has 96 valence electrons. The van der Waals surface area contributed by atoms with Gasteiger partial charge >= 0.3 is 0 Å². The molecule has 4 heteroatoms. The van der Waals surface area contributed by atoms with E-state index in [0.717, 1.165) is 18.8 Å². The summed E-state index contributed by atoms with van der Waals surface area (Å²) in [5.41, 5.74) is 2.57. The molecule has 1 atom stereocenters. The SMILES string of the molecule is Cc1cn(C)c(C2CCN(Cc3ccsc3)C2)n1. The summed E-state index contributed by atoms with van der Waals surface area (Å²) < 4.78 is 2.19. The highest BCUT2D eigenvalue weighted by atomic mass is 32.1. The molecule has 0 amide bonds. The number of hydrogen-bond acceptors (Lipinski definition) is 3. The number of aromatic nitrogens is 2. The van der Waals surface area contributed by atoms with Crippen LogP contribution in [0.15, 0.2) is 23.0 Å². The average Bonchev–Trinajstić information content (AvgIpc) is 3.01. The molecule has 3 rings (SSSR count). The fraction of sp³-hybridized carbons (Fsp3) is 0.500. The minimum atomic E-state index is 0.599. The Bertz CT molecular complexity index is 515. The molecule has 2 aromatic heterocycles. The highest BCUT2D eigenvalue weighted by molar-refractivity contribution is 7.07. The third kappa shape index (κ3) is 2.35. The van der Waals surface area contributed by atoms with E-state index < -0.39 is 0 Å². The van der Waals surface area contributed by atoms with Crippen LogP contribution in [-0.2, 0) is 13.6 Å². The van der Waals surface area contributed by atoms with Gasteiger partial charge in [-0.2, -0.15) is 11.3 Å². The largest absolute Gasteiger partial charge is 0.337 e. The molecule has 1 aliphatic rings. The van der Waals surface area contributed by atoms with Crippen LogP contribution in [0.3, 0.4) is 0 Å². The van der Waals surface area contributed by atoms with E-state index in [2.05, 4.69) is 51.4 Å². The first-order valence-electron chi connectivity index (χ1n) is 6.45. The first-order chi connectivity index (χ1) is 8.72. The first kappa shape index (κ1) is 11.9. The molecule has 18 heavy (non-hydrogen) atoms. The summed E-state index contributed by atoms with van der Waals surface area (Å²) in [6.45, 7) is 5.48. The van der Waals surface area contributed by atoms with E-state index in [4.69, 9.17) is 0 Å². The van der Waals surface area contributed by atoms with Gasteiger partial charge in [-0.1, -0.05) is 0 Å². The van der Waals surface area contributed by atoms with Crippen LogP contribution in [0.2, 0.25) is 0 Å². The summed E-state index contributed by atoms with van der Waals surface area (Å²) in [6, 6.07) is 2.23. The summed E-state index contributed by atoms with van der Waals surface area (Å²) in [5.74, 6) is 1.85. The van der Waals surface area contributed by atoms with E-state index in [1.807, 2.05) is 0 Å². The zero-order chi connectivity index (χ0) is 12.5. The standard InChI is InChI=1S/C14H19N3S/c1-11-7-16(2)14(15-11)13-3-5-17(9-13)8-12-4-6-18-10-12/h4,6-7,10,13H,3,5,8-9H2,1-2H3. The Kier molecular flexibility index (Phi) is 3.22. The third-order valence-corrected chi connectivity index (χ3v) is 4.39. The summed E-state index contributed by atoms with van der Waals surface area (Å²) in [7, 11) is 2.11. The number of rotatable bonds is 3. The smallest absolute Gasteiger partial charge is 0.113 e. The second kappa shape index (κ2) is 4.86. The van der Waals surface area contributed by atoms with Crippen LogP contribution >= 0.6 is 11.3 Å². The van der Waals surface area contributed by atoms with Crippen molar-refractivity contribution in [2.45, 2.75) is 25.8 Å². The van der Waals surface area contributed by atoms with Crippen molar-refractivity contribution in [3.05, 3.63) is 40.1 Å². The predicted molar refractivity (Wildman–Crippen MR) is 74.9 cm³/mol. The Morgan fingerprint density at radius 1 is 1.50 bits per heavy atom. The van der Waals surface area contributed by atoms with E-state index >= 15 is 0 Å². The lowest BCUT2D eigenvalue weighted by atomic mass is 10.1. The van der Waals surface area contributed by atoms with E-state index in [0.29, 0.717) is 5.92 Å². The van der Waals surface area contributed by atoms with Crippen LogP contribution in [0.4, 0.5) is 0 Å². The van der Waals surface area contributed by atoms with Gasteiger partial charge in [-0.15, -0.1) is 0 Å². The quantitative estimate of drug-likeness (QED) is 0.847. The molecule has 1 saturated heterocycles. The molecule has 3 nitrogen and oxygen atoms in total. The maximum atomic E-state index is 4.66. The number of aryl methyl sites for hydroxylation is 2. The lowest BCUT2D eigenvalue weighted by molar-refractivity contribution is 0.325. The van der Waals surface area contributed by atoms with Crippen LogP contribution in [-0.4, -0.2) is 27.5 Å². The minimum absolute atomic E-state index is 0.599. The summed E-state index contributed by atoms with van der Waals surface area (Å²) in [4.78, 5) is 7.20. The zero-order valence-corrected chi connectivity index (χ0v) is 11.8. The first-order valence-corrected chi connectivity index (χ1v) is 7.40. The number of thiophene rings is 1. The highest BCUT2D eigenvalue weighted by Crippen LogP contribution is 2.27. The summed E-state index contributed by atoms with van der Waals surface area (Å²) in [6.07, 6.45) is 3.35. The minimum Gasteiger partial charge on any atom is -0.337 e. The Labute approximate surface area is 112 Å². The molecule has 0 N–H and O–H groups in total. The predicted octanol–water partition coefficient (Wildman–Crippen LogP) is 2.78. The second-order valence-electron chi connectivity index (χ2n) is 5.20. The molecule has 1 unspecified atom stereocenters. The molecule has 0 aliphatic carbocycles. The normalized spacial score (nSPS) is 20.7. The number of likely N-dealkylation sites (tertiary alicyclic amines) is 1. The molecule has 2 aromatic rings. The Morgan fingerprint density at radius 3 is 3.06 bits per heavy atom. The van der Waals surface area contributed by atoms with Gasteiger partial charge < -0.3 is 4.57 Å². The molecular formula is C14H19N3S. The van der Waals surface area contributed by atoms with Gasteiger partial charge in [0, 0.05) is 32.3 Å². The number of nitrogens with zero attached hydrogens (tertiary/aromatic N) is 3. The monoisotopic (exact) mass is 261 g/mol. The summed E-state index contributed by atoms with van der Waals surface area (Å²) in [5, 5.41) is 4.41. The lowest BCUT2D eigenvalue weighted by Gasteiger charge is -2.15. The van der Waals surface area contributed by atoms with Crippen molar-refractivity contribution in [3.63, 3.8) is 0 Å². The second-order valence-corrected chi connectivity index (χ2v) is 5.98. The highest BCUT2D eigenvalue weighted by Gasteiger charge is 2.26. The Balaban J connectivity index is 1.66. The van der Waals surface area contributed by atoms with E-state index in [9.17, 15) is 0 Å². The third-order valence-electron chi connectivity index (χ3n) is 3.66. The van der Waals surface area contributed by atoms with Crippen molar-refractivity contribution in [3.8, 4) is 0 Å². The van der Waals surface area contributed by atoms with Gasteiger partial charge in [-0.3, -0.25) is 4.90 Å². The maximum absolute atomic E-state index is 4.66. The van der Waals surface area contributed by atoms with E-state index in [-0.39, 0.29) is 0 Å². The van der Waals surface area contributed by atoms with Crippen LogP contribution < -0.4 is 0 Å². The van der Waals surface area contributed by atoms with Crippen LogP contribution in [0.25, 0.3) is 0 Å². The van der Waals surface area contributed by atoms with Crippen molar-refractivity contribution in [1.82, 2.24) is 14.5 Å². The Morgan fingerprint density at radius 2 is 2.39 bits per heavy atom. The van der Waals surface area contributed by atoms with Crippen molar-refractivity contribution in [1.29, 1.82) is 0 Å². The van der Waals surface area contributed by atoms with Crippen LogP contribution in [0, 0.1) is 6.92 Å². The van der Waals surface area contributed by atoms with Gasteiger partial charge in [-0.05, 0) is 42.3 Å². The van der Waals surface area contributed by atoms with Crippen molar-refractivity contribution < 1.29 is 0 Å². The maximum Gasteiger partial charge on any atom is 0.113 e. The topological polar surface area (TPSA) is 21.1 Å². The fourth-order valence-electron chi connectivity index (χ4n) is 2.84. The molecule has 3 heterocycles. The van der Waals surface area contributed by atoms with Crippen molar-refractivity contribution in [2.24, 2.45) is 7.05 Å². The Hall–Kier alpha value is -1.13. The molecular weight excluding hydrogens is 242 g/mol. The van der Waals surface area contributed by atoms with Crippen molar-refractivity contribution >= 4 is 11.3 Å². The zero-order valence-electron chi connectivity index (χ0n) is 11.0. The molecule has 0 bridgehead atoms. The van der Waals surface area contributed by atoms with Gasteiger partial charge in [0.1, 0.15) is 5.82 Å². The molecule has 1 aliphatic heterocycles. The van der Waals surface area contributed by atoms with Gasteiger partial charge in [0.15, 0.2) is 0 Å². The van der Waals surface area contributed by atoms with E-state index in [1.165, 1.54) is 24.4 Å². The van der Waals surface area contributed by atoms with E-state index in [1.54, 1.807) is 11.3 Å². The number of hydrogen-bond donors (Lipinski definition) is 0. The van der Waals surface area contributed by atoms with Gasteiger partial charge in [0.25, 0.3) is 0 Å². The van der Waals surface area contributed by atoms with Crippen LogP contribution in [0.5, 0.6) is 0 Å².